The maximum absolute atomic E-state index is 12.5. The zero-order chi connectivity index (χ0) is 15.8. The molecule has 1 N–H and O–H groups in total. The molecule has 0 saturated carbocycles. The summed E-state index contributed by atoms with van der Waals surface area (Å²) in [6.07, 6.45) is 0. The van der Waals surface area contributed by atoms with Crippen LogP contribution in [0.1, 0.15) is 24.2 Å². The monoisotopic (exact) mass is 295 g/mol. The molecule has 0 heterocycles. The second kappa shape index (κ2) is 8.21. The standard InChI is InChI=1S/C14H21N3O4/c1-4-16(8-9-21-5-2)14(18)12-10-11(17(19)20)6-7-13(12)15-3/h6-7,10,15H,4-5,8-9H2,1-3H3. The van der Waals surface area contributed by atoms with Gasteiger partial charge in [-0.1, -0.05) is 0 Å². The molecule has 1 aromatic carbocycles. The predicted octanol–water partition coefficient (Wildman–Crippen LogP) is 2.14. The van der Waals surface area contributed by atoms with Crippen molar-refractivity contribution >= 4 is 17.3 Å². The molecule has 0 spiro atoms. The highest BCUT2D eigenvalue weighted by molar-refractivity contribution is 6.00. The second-order valence-electron chi connectivity index (χ2n) is 4.32. The number of benzene rings is 1. The number of hydrogen-bond donors (Lipinski definition) is 1. The average Bonchev–Trinajstić information content (AvgIpc) is 2.50. The van der Waals surface area contributed by atoms with Gasteiger partial charge in [0.05, 0.1) is 17.1 Å². The van der Waals surface area contributed by atoms with Crippen molar-refractivity contribution in [3.05, 3.63) is 33.9 Å². The van der Waals surface area contributed by atoms with Gasteiger partial charge in [-0.25, -0.2) is 0 Å². The topological polar surface area (TPSA) is 84.7 Å². The van der Waals surface area contributed by atoms with Gasteiger partial charge in [0.25, 0.3) is 11.6 Å². The van der Waals surface area contributed by atoms with E-state index in [1.807, 2.05) is 13.8 Å². The molecule has 1 amide bonds. The van der Waals surface area contributed by atoms with Gasteiger partial charge in [0.15, 0.2) is 0 Å². The van der Waals surface area contributed by atoms with E-state index in [1.165, 1.54) is 12.1 Å². The molecule has 7 heteroatoms. The second-order valence-corrected chi connectivity index (χ2v) is 4.32. The fraction of sp³-hybridized carbons (Fsp3) is 0.500. The van der Waals surface area contributed by atoms with Crippen molar-refractivity contribution in [2.45, 2.75) is 13.8 Å². The smallest absolute Gasteiger partial charge is 0.270 e. The van der Waals surface area contributed by atoms with Crippen LogP contribution in [0.25, 0.3) is 0 Å². The molecule has 0 radical (unpaired) electrons. The Kier molecular flexibility index (Phi) is 6.61. The highest BCUT2D eigenvalue weighted by atomic mass is 16.6. The lowest BCUT2D eigenvalue weighted by Crippen LogP contribution is -2.34. The fourth-order valence-corrected chi connectivity index (χ4v) is 1.93. The number of nitro groups is 1. The molecule has 0 aliphatic heterocycles. The van der Waals surface area contributed by atoms with E-state index in [-0.39, 0.29) is 11.6 Å². The molecule has 0 atom stereocenters. The molecule has 1 aromatic rings. The zero-order valence-electron chi connectivity index (χ0n) is 12.6. The molecule has 0 unspecified atom stereocenters. The Balaban J connectivity index is 3.02. The van der Waals surface area contributed by atoms with Crippen molar-refractivity contribution < 1.29 is 14.5 Å². The molecule has 0 fully saturated rings. The molecule has 0 bridgehead atoms. The first kappa shape index (κ1) is 16.9. The van der Waals surface area contributed by atoms with E-state index in [4.69, 9.17) is 4.74 Å². The Bertz CT molecular complexity index is 505. The number of amides is 1. The summed E-state index contributed by atoms with van der Waals surface area (Å²) in [6, 6.07) is 4.22. The molecule has 7 nitrogen and oxygen atoms in total. The van der Waals surface area contributed by atoms with Crippen LogP contribution in [-0.4, -0.2) is 49.1 Å². The number of ether oxygens (including phenoxy) is 1. The SMILES string of the molecule is CCOCCN(CC)C(=O)c1cc([N+](=O)[O-])ccc1NC. The van der Waals surface area contributed by atoms with E-state index in [1.54, 1.807) is 18.0 Å². The number of rotatable bonds is 8. The lowest BCUT2D eigenvalue weighted by molar-refractivity contribution is -0.384. The first-order chi connectivity index (χ1) is 10.0. The van der Waals surface area contributed by atoms with Crippen molar-refractivity contribution in [3.63, 3.8) is 0 Å². The summed E-state index contributed by atoms with van der Waals surface area (Å²) >= 11 is 0. The van der Waals surface area contributed by atoms with Crippen LogP contribution in [0.3, 0.4) is 0 Å². The first-order valence-electron chi connectivity index (χ1n) is 6.88. The van der Waals surface area contributed by atoms with Crippen molar-refractivity contribution in [2.75, 3.05) is 38.7 Å². The number of hydrogen-bond acceptors (Lipinski definition) is 5. The van der Waals surface area contributed by atoms with Crippen LogP contribution in [0, 0.1) is 10.1 Å². The van der Waals surface area contributed by atoms with Gasteiger partial charge in [-0.15, -0.1) is 0 Å². The van der Waals surface area contributed by atoms with Crippen LogP contribution < -0.4 is 5.32 Å². The van der Waals surface area contributed by atoms with Crippen molar-refractivity contribution in [2.24, 2.45) is 0 Å². The van der Waals surface area contributed by atoms with Gasteiger partial charge in [0.1, 0.15) is 0 Å². The Morgan fingerprint density at radius 3 is 2.67 bits per heavy atom. The third-order valence-corrected chi connectivity index (χ3v) is 3.09. The highest BCUT2D eigenvalue weighted by Crippen LogP contribution is 2.23. The van der Waals surface area contributed by atoms with Gasteiger partial charge in [-0.2, -0.15) is 0 Å². The van der Waals surface area contributed by atoms with Gasteiger partial charge >= 0.3 is 0 Å². The van der Waals surface area contributed by atoms with Crippen LogP contribution >= 0.6 is 0 Å². The normalized spacial score (nSPS) is 10.2. The number of nitrogens with one attached hydrogen (secondary N) is 1. The average molecular weight is 295 g/mol. The number of nitrogens with zero attached hydrogens (tertiary/aromatic N) is 2. The molecule has 0 saturated heterocycles. The van der Waals surface area contributed by atoms with E-state index >= 15 is 0 Å². The molecular formula is C14H21N3O4. The van der Waals surface area contributed by atoms with Gasteiger partial charge in [-0.3, -0.25) is 14.9 Å². The van der Waals surface area contributed by atoms with Crippen LogP contribution in [0.15, 0.2) is 18.2 Å². The van der Waals surface area contributed by atoms with Crippen LogP contribution in [0.4, 0.5) is 11.4 Å². The van der Waals surface area contributed by atoms with E-state index in [0.717, 1.165) is 0 Å². The van der Waals surface area contributed by atoms with E-state index in [2.05, 4.69) is 5.32 Å². The summed E-state index contributed by atoms with van der Waals surface area (Å²) in [6.45, 7) is 5.75. The summed E-state index contributed by atoms with van der Waals surface area (Å²) in [5.74, 6) is -0.245. The minimum atomic E-state index is -0.507. The van der Waals surface area contributed by atoms with Gasteiger partial charge in [-0.05, 0) is 19.9 Å². The number of nitro benzene ring substituents is 1. The molecule has 116 valence electrons. The molecular weight excluding hydrogens is 274 g/mol. The lowest BCUT2D eigenvalue weighted by atomic mass is 10.1. The largest absolute Gasteiger partial charge is 0.387 e. The number of non-ortho nitro benzene ring substituents is 1. The number of likely N-dealkylation sites (N-methyl/N-ethyl adjacent to an activating group) is 1. The maximum atomic E-state index is 12.5. The van der Waals surface area contributed by atoms with Gasteiger partial charge in [0.2, 0.25) is 0 Å². The summed E-state index contributed by atoms with van der Waals surface area (Å²) in [5, 5.41) is 13.8. The Morgan fingerprint density at radius 2 is 2.14 bits per heavy atom. The van der Waals surface area contributed by atoms with Crippen molar-refractivity contribution in [1.29, 1.82) is 0 Å². The minimum absolute atomic E-state index is 0.0989. The third kappa shape index (κ3) is 4.42. The number of carbonyl (C=O) groups excluding carboxylic acids is 1. The Labute approximate surface area is 124 Å². The maximum Gasteiger partial charge on any atom is 0.270 e. The summed E-state index contributed by atoms with van der Waals surface area (Å²) in [5.41, 5.74) is 0.767. The highest BCUT2D eigenvalue weighted by Gasteiger charge is 2.20. The molecule has 0 aliphatic carbocycles. The lowest BCUT2D eigenvalue weighted by Gasteiger charge is -2.22. The van der Waals surface area contributed by atoms with E-state index in [0.29, 0.717) is 37.6 Å². The Morgan fingerprint density at radius 1 is 1.43 bits per heavy atom. The van der Waals surface area contributed by atoms with Crippen LogP contribution in [0.5, 0.6) is 0 Å². The molecule has 0 aliphatic rings. The van der Waals surface area contributed by atoms with Gasteiger partial charge < -0.3 is 15.0 Å². The number of anilines is 1. The molecule has 1 rings (SSSR count). The van der Waals surface area contributed by atoms with E-state index < -0.39 is 4.92 Å². The summed E-state index contributed by atoms with van der Waals surface area (Å²) in [4.78, 5) is 24.5. The summed E-state index contributed by atoms with van der Waals surface area (Å²) < 4.78 is 5.25. The van der Waals surface area contributed by atoms with Crippen molar-refractivity contribution in [1.82, 2.24) is 4.90 Å². The van der Waals surface area contributed by atoms with Crippen LogP contribution in [0.2, 0.25) is 0 Å². The fourth-order valence-electron chi connectivity index (χ4n) is 1.93. The minimum Gasteiger partial charge on any atom is -0.387 e. The van der Waals surface area contributed by atoms with Gasteiger partial charge in [0, 0.05) is 44.6 Å². The first-order valence-corrected chi connectivity index (χ1v) is 6.88. The van der Waals surface area contributed by atoms with Crippen LogP contribution in [-0.2, 0) is 4.74 Å². The zero-order valence-corrected chi connectivity index (χ0v) is 12.6. The third-order valence-electron chi connectivity index (χ3n) is 3.09. The Hall–Kier alpha value is -2.15. The number of carbonyl (C=O) groups is 1. The molecule has 0 aromatic heterocycles. The van der Waals surface area contributed by atoms with Crippen molar-refractivity contribution in [3.8, 4) is 0 Å². The van der Waals surface area contributed by atoms with E-state index in [9.17, 15) is 14.9 Å². The molecule has 21 heavy (non-hydrogen) atoms. The predicted molar refractivity (Wildman–Crippen MR) is 80.7 cm³/mol. The quantitative estimate of drug-likeness (QED) is 0.451. The summed E-state index contributed by atoms with van der Waals surface area (Å²) in [7, 11) is 1.68.